The first-order chi connectivity index (χ1) is 16.8. The summed E-state index contributed by atoms with van der Waals surface area (Å²) < 4.78 is 5.60. The van der Waals surface area contributed by atoms with Crippen LogP contribution in [0.4, 0.5) is 22.7 Å². The van der Waals surface area contributed by atoms with Crippen LogP contribution in [0.2, 0.25) is 0 Å². The first-order valence-corrected chi connectivity index (χ1v) is 11.0. The van der Waals surface area contributed by atoms with E-state index < -0.39 is 16.8 Å². The second-order valence-electron chi connectivity index (χ2n) is 8.46. The Morgan fingerprint density at radius 3 is 2.46 bits per heavy atom. The van der Waals surface area contributed by atoms with Crippen LogP contribution in [0, 0.1) is 6.92 Å². The number of nitrogens with one attached hydrogen (secondary N) is 2. The third-order valence-electron chi connectivity index (χ3n) is 6.12. The second kappa shape index (κ2) is 8.28. The summed E-state index contributed by atoms with van der Waals surface area (Å²) in [5.74, 6) is 0.381. The Balaban J connectivity index is 1.45. The van der Waals surface area contributed by atoms with E-state index in [0.717, 1.165) is 5.76 Å². The van der Waals surface area contributed by atoms with Crippen LogP contribution in [0.5, 0.6) is 0 Å². The van der Waals surface area contributed by atoms with Gasteiger partial charge in [0.15, 0.2) is 0 Å². The lowest BCUT2D eigenvalue weighted by atomic mass is 10.1. The molecule has 9 heteroatoms. The number of anilines is 4. The SMILES string of the molecule is Cc1ccc(C(C)Nc2c(Nc3cccc4c3C(=O)N(c3ccccc3C(N)=O)C4)c(=O)c2=O)o1. The highest BCUT2D eigenvalue weighted by molar-refractivity contribution is 6.16. The van der Waals surface area contributed by atoms with Gasteiger partial charge in [0.2, 0.25) is 0 Å². The molecule has 5 rings (SSSR count). The molecule has 1 aliphatic heterocycles. The van der Waals surface area contributed by atoms with Crippen molar-refractivity contribution in [3.05, 3.63) is 103 Å². The van der Waals surface area contributed by atoms with Gasteiger partial charge in [0, 0.05) is 0 Å². The highest BCUT2D eigenvalue weighted by Crippen LogP contribution is 2.36. The van der Waals surface area contributed by atoms with Gasteiger partial charge in [-0.1, -0.05) is 24.3 Å². The van der Waals surface area contributed by atoms with Crippen LogP contribution in [0.15, 0.2) is 68.6 Å². The Labute approximate surface area is 199 Å². The van der Waals surface area contributed by atoms with E-state index in [0.29, 0.717) is 28.3 Å². The number of carbonyl (C=O) groups excluding carboxylic acids is 2. The lowest BCUT2D eigenvalue weighted by molar-refractivity contribution is 0.0996. The summed E-state index contributed by atoms with van der Waals surface area (Å²) in [5.41, 5.74) is 6.52. The van der Waals surface area contributed by atoms with Crippen molar-refractivity contribution in [1.29, 1.82) is 0 Å². The Morgan fingerprint density at radius 1 is 1.00 bits per heavy atom. The zero-order chi connectivity index (χ0) is 24.9. The molecule has 176 valence electrons. The highest BCUT2D eigenvalue weighted by atomic mass is 16.3. The minimum Gasteiger partial charge on any atom is -0.464 e. The first-order valence-electron chi connectivity index (χ1n) is 11.0. The Hall–Kier alpha value is -4.66. The largest absolute Gasteiger partial charge is 0.464 e. The maximum absolute atomic E-state index is 13.4. The van der Waals surface area contributed by atoms with E-state index in [9.17, 15) is 19.2 Å². The van der Waals surface area contributed by atoms with E-state index in [4.69, 9.17) is 10.2 Å². The molecule has 0 saturated carbocycles. The molecular formula is C26H22N4O5. The summed E-state index contributed by atoms with van der Waals surface area (Å²) in [4.78, 5) is 51.5. The van der Waals surface area contributed by atoms with E-state index >= 15 is 0 Å². The third-order valence-corrected chi connectivity index (χ3v) is 6.12. The molecule has 9 nitrogen and oxygen atoms in total. The minimum absolute atomic E-state index is 0.0855. The van der Waals surface area contributed by atoms with E-state index in [2.05, 4.69) is 10.6 Å². The van der Waals surface area contributed by atoms with E-state index in [-0.39, 0.29) is 35.4 Å². The van der Waals surface area contributed by atoms with Crippen LogP contribution < -0.4 is 32.1 Å². The number of primary amides is 1. The van der Waals surface area contributed by atoms with Crippen molar-refractivity contribution in [3.8, 4) is 0 Å². The van der Waals surface area contributed by atoms with Gasteiger partial charge >= 0.3 is 0 Å². The van der Waals surface area contributed by atoms with Gasteiger partial charge in [0.05, 0.1) is 35.1 Å². The average molecular weight is 470 g/mol. The van der Waals surface area contributed by atoms with Crippen molar-refractivity contribution in [2.75, 3.05) is 15.5 Å². The first kappa shape index (κ1) is 22.1. The van der Waals surface area contributed by atoms with Gasteiger partial charge in [-0.2, -0.15) is 0 Å². The monoisotopic (exact) mass is 470 g/mol. The smallest absolute Gasteiger partial charge is 0.261 e. The molecule has 3 aromatic carbocycles. The average Bonchev–Trinajstić information content (AvgIpc) is 3.44. The van der Waals surface area contributed by atoms with Crippen molar-refractivity contribution in [3.63, 3.8) is 0 Å². The van der Waals surface area contributed by atoms with Crippen molar-refractivity contribution in [2.24, 2.45) is 5.73 Å². The molecule has 1 aromatic heterocycles. The number of para-hydroxylation sites is 1. The minimum atomic E-state index is -0.672. The fourth-order valence-electron chi connectivity index (χ4n) is 4.33. The molecule has 0 radical (unpaired) electrons. The number of hydrogen-bond acceptors (Lipinski definition) is 7. The van der Waals surface area contributed by atoms with E-state index in [1.807, 2.05) is 19.9 Å². The number of fused-ring (bicyclic) bond motifs is 1. The standard InChI is InChI=1S/C26H22N4O5/c1-13-10-11-19(35-13)14(2)28-21-22(24(32)23(21)31)29-17-8-5-6-15-12-30(26(34)20(15)17)18-9-4-3-7-16(18)25(27)33/h3-11,14,28-29H,12H2,1-2H3,(H2,27,33). The number of aryl methyl sites for hydroxylation is 1. The van der Waals surface area contributed by atoms with Gasteiger partial charge in [-0.3, -0.25) is 19.2 Å². The molecule has 4 N–H and O–H groups in total. The van der Waals surface area contributed by atoms with Crippen LogP contribution in [0.3, 0.4) is 0 Å². The lowest BCUT2D eigenvalue weighted by Gasteiger charge is -2.20. The Kier molecular flexibility index (Phi) is 5.24. The van der Waals surface area contributed by atoms with E-state index in [1.54, 1.807) is 48.5 Å². The van der Waals surface area contributed by atoms with Crippen molar-refractivity contribution >= 4 is 34.6 Å². The molecule has 2 heterocycles. The van der Waals surface area contributed by atoms with Crippen LogP contribution in [-0.4, -0.2) is 11.8 Å². The lowest BCUT2D eigenvalue weighted by Crippen LogP contribution is -2.37. The molecule has 0 bridgehead atoms. The van der Waals surface area contributed by atoms with Gasteiger partial charge < -0.3 is 25.7 Å². The molecule has 0 aliphatic carbocycles. The number of nitrogens with two attached hydrogens (primary N) is 1. The Morgan fingerprint density at radius 2 is 1.74 bits per heavy atom. The summed E-state index contributed by atoms with van der Waals surface area (Å²) in [6, 6.07) is 15.1. The number of hydrogen-bond donors (Lipinski definition) is 3. The van der Waals surface area contributed by atoms with Crippen molar-refractivity contribution in [1.82, 2.24) is 0 Å². The molecule has 1 aliphatic rings. The van der Waals surface area contributed by atoms with Crippen molar-refractivity contribution in [2.45, 2.75) is 26.4 Å². The third kappa shape index (κ3) is 3.67. The number of furan rings is 1. The topological polar surface area (TPSA) is 135 Å². The molecule has 1 atom stereocenters. The van der Waals surface area contributed by atoms with Crippen LogP contribution >= 0.6 is 0 Å². The molecule has 4 aromatic rings. The number of nitrogens with zero attached hydrogens (tertiary/aromatic N) is 1. The van der Waals surface area contributed by atoms with Crippen molar-refractivity contribution < 1.29 is 14.0 Å². The summed E-state index contributed by atoms with van der Waals surface area (Å²) in [5, 5.41) is 6.02. The maximum atomic E-state index is 13.4. The van der Waals surface area contributed by atoms with Crippen LogP contribution in [0.1, 0.15) is 50.8 Å². The van der Waals surface area contributed by atoms with Gasteiger partial charge in [-0.05, 0) is 49.7 Å². The summed E-state index contributed by atoms with van der Waals surface area (Å²) in [6.07, 6.45) is 0. The molecule has 0 saturated heterocycles. The predicted octanol–water partition coefficient (Wildman–Crippen LogP) is 3.36. The molecule has 0 fully saturated rings. The molecular weight excluding hydrogens is 448 g/mol. The van der Waals surface area contributed by atoms with Gasteiger partial charge in [0.25, 0.3) is 22.7 Å². The van der Waals surface area contributed by atoms with Crippen LogP contribution in [-0.2, 0) is 6.54 Å². The number of carbonyl (C=O) groups is 2. The summed E-state index contributed by atoms with van der Waals surface area (Å²) >= 11 is 0. The second-order valence-corrected chi connectivity index (χ2v) is 8.46. The zero-order valence-electron chi connectivity index (χ0n) is 19.0. The molecule has 2 amide bonds. The summed E-state index contributed by atoms with van der Waals surface area (Å²) in [7, 11) is 0. The van der Waals surface area contributed by atoms with Gasteiger partial charge in [-0.25, -0.2) is 0 Å². The van der Waals surface area contributed by atoms with E-state index in [1.165, 1.54) is 4.90 Å². The summed E-state index contributed by atoms with van der Waals surface area (Å²) in [6.45, 7) is 3.87. The Bertz CT molecular complexity index is 1560. The molecule has 35 heavy (non-hydrogen) atoms. The highest BCUT2D eigenvalue weighted by Gasteiger charge is 2.34. The number of rotatable bonds is 7. The number of amides is 2. The molecule has 1 unspecified atom stereocenters. The number of benzene rings is 2. The van der Waals surface area contributed by atoms with Gasteiger partial charge in [-0.15, -0.1) is 0 Å². The zero-order valence-corrected chi connectivity index (χ0v) is 19.0. The van der Waals surface area contributed by atoms with Gasteiger partial charge in [0.1, 0.15) is 22.9 Å². The maximum Gasteiger partial charge on any atom is 0.261 e. The fraction of sp³-hybridized carbons (Fsp3) is 0.154. The quantitative estimate of drug-likeness (QED) is 0.353. The fourth-order valence-corrected chi connectivity index (χ4v) is 4.33. The predicted molar refractivity (Wildman–Crippen MR) is 132 cm³/mol. The normalized spacial score (nSPS) is 13.7. The molecule has 0 spiro atoms. The van der Waals surface area contributed by atoms with Crippen LogP contribution in [0.25, 0.3) is 0 Å².